The molecule has 1 atom stereocenters. The first-order valence-corrected chi connectivity index (χ1v) is 4.41. The summed E-state index contributed by atoms with van der Waals surface area (Å²) in [6.07, 6.45) is 3.12. The smallest absolute Gasteiger partial charge is 0.0627 e. The van der Waals surface area contributed by atoms with Crippen molar-refractivity contribution in [2.45, 2.75) is 47.0 Å². The van der Waals surface area contributed by atoms with Crippen molar-refractivity contribution in [1.29, 1.82) is 5.26 Å². The van der Waals surface area contributed by atoms with Gasteiger partial charge in [0.25, 0.3) is 0 Å². The Morgan fingerprint density at radius 3 is 2.36 bits per heavy atom. The van der Waals surface area contributed by atoms with E-state index >= 15 is 0 Å². The van der Waals surface area contributed by atoms with E-state index in [4.69, 9.17) is 5.26 Å². The van der Waals surface area contributed by atoms with Crippen molar-refractivity contribution in [3.8, 4) is 6.07 Å². The predicted molar refractivity (Wildman–Crippen MR) is 48.1 cm³/mol. The van der Waals surface area contributed by atoms with Gasteiger partial charge in [0.05, 0.1) is 6.07 Å². The van der Waals surface area contributed by atoms with Crippen molar-refractivity contribution < 1.29 is 0 Å². The van der Waals surface area contributed by atoms with Crippen LogP contribution in [0.15, 0.2) is 0 Å². The molecule has 0 saturated carbocycles. The number of rotatable bonds is 4. The standard InChI is InChI=1S/C10H19N/c1-5-6-9(2)10(3,4)7-8-11/h9H,5-7H2,1-4H3. The average molecular weight is 153 g/mol. The van der Waals surface area contributed by atoms with Crippen molar-refractivity contribution in [3.05, 3.63) is 0 Å². The molecule has 0 saturated heterocycles. The Morgan fingerprint density at radius 1 is 1.45 bits per heavy atom. The largest absolute Gasteiger partial charge is 0.198 e. The van der Waals surface area contributed by atoms with Crippen molar-refractivity contribution in [2.24, 2.45) is 11.3 Å². The summed E-state index contributed by atoms with van der Waals surface area (Å²) in [6.45, 7) is 8.78. The summed E-state index contributed by atoms with van der Waals surface area (Å²) in [7, 11) is 0. The summed E-state index contributed by atoms with van der Waals surface area (Å²) in [6, 6.07) is 2.25. The quantitative estimate of drug-likeness (QED) is 0.607. The third-order valence-electron chi connectivity index (χ3n) is 2.59. The fourth-order valence-electron chi connectivity index (χ4n) is 1.20. The molecule has 11 heavy (non-hydrogen) atoms. The Balaban J connectivity index is 3.96. The van der Waals surface area contributed by atoms with Crippen LogP contribution in [0.1, 0.15) is 47.0 Å². The minimum Gasteiger partial charge on any atom is -0.198 e. The van der Waals surface area contributed by atoms with E-state index in [0.29, 0.717) is 12.3 Å². The molecule has 64 valence electrons. The van der Waals surface area contributed by atoms with Crippen LogP contribution < -0.4 is 0 Å². The summed E-state index contributed by atoms with van der Waals surface area (Å²) in [5.41, 5.74) is 0.199. The molecule has 0 spiro atoms. The molecule has 0 rings (SSSR count). The second-order valence-electron chi connectivity index (χ2n) is 4.01. The Bertz CT molecular complexity index is 141. The van der Waals surface area contributed by atoms with Crippen LogP contribution in [0, 0.1) is 22.7 Å². The van der Waals surface area contributed by atoms with E-state index in [1.54, 1.807) is 0 Å². The van der Waals surface area contributed by atoms with E-state index in [0.717, 1.165) is 0 Å². The highest BCUT2D eigenvalue weighted by Gasteiger charge is 2.24. The molecule has 0 aliphatic carbocycles. The summed E-state index contributed by atoms with van der Waals surface area (Å²) < 4.78 is 0. The van der Waals surface area contributed by atoms with E-state index in [1.165, 1.54) is 12.8 Å². The molecule has 1 unspecified atom stereocenters. The number of nitrogens with zero attached hydrogens (tertiary/aromatic N) is 1. The van der Waals surface area contributed by atoms with Gasteiger partial charge in [-0.25, -0.2) is 0 Å². The van der Waals surface area contributed by atoms with E-state index in [2.05, 4.69) is 33.8 Å². The summed E-state index contributed by atoms with van der Waals surface area (Å²) >= 11 is 0. The van der Waals surface area contributed by atoms with Crippen LogP contribution in [-0.2, 0) is 0 Å². The fourth-order valence-corrected chi connectivity index (χ4v) is 1.20. The second-order valence-corrected chi connectivity index (χ2v) is 4.01. The summed E-state index contributed by atoms with van der Waals surface area (Å²) in [4.78, 5) is 0. The van der Waals surface area contributed by atoms with E-state index in [-0.39, 0.29) is 5.41 Å². The zero-order chi connectivity index (χ0) is 8.91. The van der Waals surface area contributed by atoms with Crippen LogP contribution in [0.3, 0.4) is 0 Å². The van der Waals surface area contributed by atoms with E-state index in [9.17, 15) is 0 Å². The second kappa shape index (κ2) is 4.38. The van der Waals surface area contributed by atoms with Gasteiger partial charge in [-0.3, -0.25) is 0 Å². The van der Waals surface area contributed by atoms with Crippen LogP contribution in [0.5, 0.6) is 0 Å². The van der Waals surface area contributed by atoms with E-state index < -0.39 is 0 Å². The summed E-state index contributed by atoms with van der Waals surface area (Å²) in [5, 5.41) is 8.57. The number of hydrogen-bond acceptors (Lipinski definition) is 1. The van der Waals surface area contributed by atoms with Crippen molar-refractivity contribution in [2.75, 3.05) is 0 Å². The van der Waals surface area contributed by atoms with Crippen LogP contribution in [-0.4, -0.2) is 0 Å². The van der Waals surface area contributed by atoms with Gasteiger partial charge in [-0.1, -0.05) is 40.5 Å². The van der Waals surface area contributed by atoms with Crippen molar-refractivity contribution >= 4 is 0 Å². The highest BCUT2D eigenvalue weighted by molar-refractivity contribution is 4.85. The average Bonchev–Trinajstić information content (AvgIpc) is 1.88. The fraction of sp³-hybridized carbons (Fsp3) is 0.900. The van der Waals surface area contributed by atoms with Crippen molar-refractivity contribution in [1.82, 2.24) is 0 Å². The maximum Gasteiger partial charge on any atom is 0.0627 e. The lowest BCUT2D eigenvalue weighted by molar-refractivity contribution is 0.222. The van der Waals surface area contributed by atoms with Gasteiger partial charge in [0, 0.05) is 6.42 Å². The molecular formula is C10H19N. The van der Waals surface area contributed by atoms with Gasteiger partial charge in [0.2, 0.25) is 0 Å². The molecule has 0 aliphatic rings. The molecule has 0 amide bonds. The van der Waals surface area contributed by atoms with E-state index in [1.807, 2.05) is 0 Å². The normalized spacial score (nSPS) is 14.1. The monoisotopic (exact) mass is 153 g/mol. The lowest BCUT2D eigenvalue weighted by atomic mass is 9.76. The molecule has 0 fully saturated rings. The molecule has 0 bridgehead atoms. The minimum absolute atomic E-state index is 0.199. The molecule has 0 radical (unpaired) electrons. The molecular weight excluding hydrogens is 134 g/mol. The molecule has 0 aromatic heterocycles. The van der Waals surface area contributed by atoms with Gasteiger partial charge in [-0.15, -0.1) is 0 Å². The van der Waals surface area contributed by atoms with Gasteiger partial charge >= 0.3 is 0 Å². The first-order valence-electron chi connectivity index (χ1n) is 4.41. The van der Waals surface area contributed by atoms with Crippen molar-refractivity contribution in [3.63, 3.8) is 0 Å². The van der Waals surface area contributed by atoms with Crippen LogP contribution in [0.25, 0.3) is 0 Å². The number of hydrogen-bond donors (Lipinski definition) is 0. The summed E-state index contributed by atoms with van der Waals surface area (Å²) in [5.74, 6) is 0.659. The maximum absolute atomic E-state index is 8.57. The predicted octanol–water partition coefficient (Wildman–Crippen LogP) is 3.36. The SMILES string of the molecule is CCCC(C)C(C)(C)CC#N. The Kier molecular flexibility index (Phi) is 4.18. The Morgan fingerprint density at radius 2 is 2.00 bits per heavy atom. The van der Waals surface area contributed by atoms with Gasteiger partial charge in [-0.05, 0) is 11.3 Å². The third-order valence-corrected chi connectivity index (χ3v) is 2.59. The molecule has 1 nitrogen and oxygen atoms in total. The molecule has 0 aromatic carbocycles. The molecule has 0 aliphatic heterocycles. The van der Waals surface area contributed by atoms with Gasteiger partial charge < -0.3 is 0 Å². The molecule has 0 aromatic rings. The third kappa shape index (κ3) is 3.41. The molecule has 0 N–H and O–H groups in total. The van der Waals surface area contributed by atoms with Gasteiger partial charge in [0.1, 0.15) is 0 Å². The zero-order valence-corrected chi connectivity index (χ0v) is 8.15. The highest BCUT2D eigenvalue weighted by atomic mass is 14.3. The molecule has 1 heteroatoms. The van der Waals surface area contributed by atoms with Crippen LogP contribution >= 0.6 is 0 Å². The maximum atomic E-state index is 8.57. The Hall–Kier alpha value is -0.510. The topological polar surface area (TPSA) is 23.8 Å². The van der Waals surface area contributed by atoms with Gasteiger partial charge in [0.15, 0.2) is 0 Å². The van der Waals surface area contributed by atoms with Crippen LogP contribution in [0.4, 0.5) is 0 Å². The Labute approximate surface area is 70.4 Å². The zero-order valence-electron chi connectivity index (χ0n) is 8.15. The molecule has 0 heterocycles. The lowest BCUT2D eigenvalue weighted by Gasteiger charge is -2.28. The van der Waals surface area contributed by atoms with Crippen LogP contribution in [0.2, 0.25) is 0 Å². The first kappa shape index (κ1) is 10.5. The van der Waals surface area contributed by atoms with Gasteiger partial charge in [-0.2, -0.15) is 5.26 Å². The lowest BCUT2D eigenvalue weighted by Crippen LogP contribution is -2.20. The first-order chi connectivity index (χ1) is 5.04. The highest BCUT2D eigenvalue weighted by Crippen LogP contribution is 2.32. The minimum atomic E-state index is 0.199. The number of nitriles is 1.